The van der Waals surface area contributed by atoms with Gasteiger partial charge in [0, 0.05) is 30.3 Å². The van der Waals surface area contributed by atoms with Crippen molar-refractivity contribution in [1.82, 2.24) is 9.88 Å². The fourth-order valence-electron chi connectivity index (χ4n) is 2.52. The standard InChI is InChI=1S/C17H18N4O3S.ClH/c18-8-7-14-20-13(10-25-14)17(24)19-12-3-1-11(2-4-12)9-21-15(22)5-6-16(21)23;/h1-4,10H,5-9,18H2,(H,19,24);1H. The van der Waals surface area contributed by atoms with E-state index in [0.29, 0.717) is 24.3 Å². The first kappa shape index (κ1) is 20.0. The number of amides is 3. The molecule has 0 saturated carbocycles. The zero-order valence-corrected chi connectivity index (χ0v) is 15.6. The molecule has 3 amide bonds. The number of nitrogens with one attached hydrogen (secondary N) is 1. The summed E-state index contributed by atoms with van der Waals surface area (Å²) in [6, 6.07) is 7.06. The molecule has 3 rings (SSSR count). The summed E-state index contributed by atoms with van der Waals surface area (Å²) in [5.74, 6) is -0.560. The Hall–Kier alpha value is -2.29. The molecule has 3 N–H and O–H groups in total. The highest BCUT2D eigenvalue weighted by Gasteiger charge is 2.28. The van der Waals surface area contributed by atoms with Crippen molar-refractivity contribution in [3.8, 4) is 0 Å². The Morgan fingerprint density at radius 2 is 1.85 bits per heavy atom. The highest BCUT2D eigenvalue weighted by Crippen LogP contribution is 2.18. The number of hydrogen-bond donors (Lipinski definition) is 2. The van der Waals surface area contributed by atoms with E-state index < -0.39 is 0 Å². The van der Waals surface area contributed by atoms with Crippen molar-refractivity contribution in [3.63, 3.8) is 0 Å². The number of thiazole rings is 1. The molecule has 138 valence electrons. The fraction of sp³-hybridized carbons (Fsp3) is 0.294. The van der Waals surface area contributed by atoms with Crippen LogP contribution in [0.4, 0.5) is 5.69 Å². The van der Waals surface area contributed by atoms with Gasteiger partial charge in [-0.3, -0.25) is 19.3 Å². The molecular formula is C17H19ClN4O3S. The Kier molecular flexibility index (Phi) is 6.84. The number of carbonyl (C=O) groups is 3. The lowest BCUT2D eigenvalue weighted by molar-refractivity contribution is -0.139. The molecule has 1 aliphatic heterocycles. The number of rotatable bonds is 6. The Balaban J connectivity index is 0.00000243. The van der Waals surface area contributed by atoms with Gasteiger partial charge in [-0.15, -0.1) is 23.7 Å². The van der Waals surface area contributed by atoms with Crippen molar-refractivity contribution >= 4 is 47.2 Å². The lowest BCUT2D eigenvalue weighted by Crippen LogP contribution is -2.28. The first-order valence-corrected chi connectivity index (χ1v) is 8.83. The highest BCUT2D eigenvalue weighted by atomic mass is 35.5. The van der Waals surface area contributed by atoms with Gasteiger partial charge in [0.15, 0.2) is 0 Å². The van der Waals surface area contributed by atoms with Crippen LogP contribution in [-0.2, 0) is 22.6 Å². The topological polar surface area (TPSA) is 105 Å². The minimum atomic E-state index is -0.280. The zero-order valence-electron chi connectivity index (χ0n) is 13.9. The molecule has 9 heteroatoms. The normalized spacial score (nSPS) is 13.7. The number of carbonyl (C=O) groups excluding carboxylic acids is 3. The Morgan fingerprint density at radius 3 is 2.46 bits per heavy atom. The third-order valence-electron chi connectivity index (χ3n) is 3.85. The Bertz CT molecular complexity index is 791. The third kappa shape index (κ3) is 4.66. The Morgan fingerprint density at radius 1 is 1.19 bits per heavy atom. The first-order valence-electron chi connectivity index (χ1n) is 7.95. The predicted molar refractivity (Wildman–Crippen MR) is 101 cm³/mol. The lowest BCUT2D eigenvalue weighted by atomic mass is 10.2. The van der Waals surface area contributed by atoms with E-state index in [1.807, 2.05) is 0 Å². The van der Waals surface area contributed by atoms with E-state index in [-0.39, 0.29) is 49.5 Å². The van der Waals surface area contributed by atoms with Crippen LogP contribution in [0.15, 0.2) is 29.6 Å². The molecule has 0 radical (unpaired) electrons. The SMILES string of the molecule is Cl.NCCc1nc(C(=O)Nc2ccc(CN3C(=O)CCC3=O)cc2)cs1. The minimum absolute atomic E-state index is 0. The van der Waals surface area contributed by atoms with E-state index in [1.54, 1.807) is 29.6 Å². The number of hydrogen-bond acceptors (Lipinski definition) is 6. The fourth-order valence-corrected chi connectivity index (χ4v) is 3.32. The number of nitrogens with zero attached hydrogens (tertiary/aromatic N) is 2. The van der Waals surface area contributed by atoms with Crippen LogP contribution in [0.3, 0.4) is 0 Å². The first-order chi connectivity index (χ1) is 12.1. The molecule has 2 heterocycles. The van der Waals surface area contributed by atoms with Crippen LogP contribution in [0.25, 0.3) is 0 Å². The number of aromatic nitrogens is 1. The van der Waals surface area contributed by atoms with E-state index in [0.717, 1.165) is 10.6 Å². The van der Waals surface area contributed by atoms with Gasteiger partial charge < -0.3 is 11.1 Å². The van der Waals surface area contributed by atoms with E-state index in [1.165, 1.54) is 16.2 Å². The van der Waals surface area contributed by atoms with Gasteiger partial charge in [-0.25, -0.2) is 4.98 Å². The molecule has 0 spiro atoms. The number of likely N-dealkylation sites (tertiary alicyclic amines) is 1. The zero-order chi connectivity index (χ0) is 17.8. The Labute approximate surface area is 161 Å². The summed E-state index contributed by atoms with van der Waals surface area (Å²) < 4.78 is 0. The quantitative estimate of drug-likeness (QED) is 0.728. The summed E-state index contributed by atoms with van der Waals surface area (Å²) in [5.41, 5.74) is 7.31. The van der Waals surface area contributed by atoms with Crippen molar-refractivity contribution in [2.75, 3.05) is 11.9 Å². The van der Waals surface area contributed by atoms with Crippen LogP contribution in [-0.4, -0.2) is 34.2 Å². The summed E-state index contributed by atoms with van der Waals surface area (Å²) in [6.45, 7) is 0.762. The molecule has 26 heavy (non-hydrogen) atoms. The van der Waals surface area contributed by atoms with Crippen LogP contribution in [0.5, 0.6) is 0 Å². The van der Waals surface area contributed by atoms with Crippen molar-refractivity contribution < 1.29 is 14.4 Å². The van der Waals surface area contributed by atoms with E-state index >= 15 is 0 Å². The maximum atomic E-state index is 12.2. The molecule has 1 aromatic heterocycles. The average Bonchev–Trinajstić information content (AvgIpc) is 3.19. The second-order valence-electron chi connectivity index (χ2n) is 5.69. The monoisotopic (exact) mass is 394 g/mol. The highest BCUT2D eigenvalue weighted by molar-refractivity contribution is 7.09. The lowest BCUT2D eigenvalue weighted by Gasteiger charge is -2.14. The maximum Gasteiger partial charge on any atom is 0.275 e. The molecule has 0 unspecified atom stereocenters. The number of nitrogens with two attached hydrogens (primary N) is 1. The van der Waals surface area contributed by atoms with E-state index in [9.17, 15) is 14.4 Å². The number of halogens is 1. The summed E-state index contributed by atoms with van der Waals surface area (Å²) in [4.78, 5) is 41.0. The largest absolute Gasteiger partial charge is 0.330 e. The summed E-state index contributed by atoms with van der Waals surface area (Å²) >= 11 is 1.41. The van der Waals surface area contributed by atoms with Gasteiger partial charge in [-0.1, -0.05) is 12.1 Å². The molecule has 1 fully saturated rings. The van der Waals surface area contributed by atoms with Crippen molar-refractivity contribution in [2.45, 2.75) is 25.8 Å². The minimum Gasteiger partial charge on any atom is -0.330 e. The molecular weight excluding hydrogens is 376 g/mol. The maximum absolute atomic E-state index is 12.2. The van der Waals surface area contributed by atoms with E-state index in [2.05, 4.69) is 10.3 Å². The van der Waals surface area contributed by atoms with Gasteiger partial charge in [0.2, 0.25) is 11.8 Å². The summed E-state index contributed by atoms with van der Waals surface area (Å²) in [5, 5.41) is 5.32. The van der Waals surface area contributed by atoms with Crippen molar-refractivity contribution in [2.24, 2.45) is 5.73 Å². The molecule has 2 aromatic rings. The molecule has 1 saturated heterocycles. The third-order valence-corrected chi connectivity index (χ3v) is 4.76. The second-order valence-corrected chi connectivity index (χ2v) is 6.63. The van der Waals surface area contributed by atoms with Crippen molar-refractivity contribution in [3.05, 3.63) is 45.9 Å². The van der Waals surface area contributed by atoms with Gasteiger partial charge in [0.05, 0.1) is 11.6 Å². The van der Waals surface area contributed by atoms with Crippen molar-refractivity contribution in [1.29, 1.82) is 0 Å². The average molecular weight is 395 g/mol. The second kappa shape index (κ2) is 8.88. The predicted octanol–water partition coefficient (Wildman–Crippen LogP) is 1.97. The summed E-state index contributed by atoms with van der Waals surface area (Å²) in [6.07, 6.45) is 1.22. The van der Waals surface area contributed by atoms with Gasteiger partial charge in [0.1, 0.15) is 5.69 Å². The summed E-state index contributed by atoms with van der Waals surface area (Å²) in [7, 11) is 0. The molecule has 0 aliphatic carbocycles. The van der Waals surface area contributed by atoms with Crippen LogP contribution in [0, 0.1) is 0 Å². The smallest absolute Gasteiger partial charge is 0.275 e. The van der Waals surface area contributed by atoms with Crippen LogP contribution >= 0.6 is 23.7 Å². The van der Waals surface area contributed by atoms with Crippen LogP contribution in [0.1, 0.15) is 33.9 Å². The molecule has 1 aromatic carbocycles. The van der Waals surface area contributed by atoms with Crippen LogP contribution in [0.2, 0.25) is 0 Å². The van der Waals surface area contributed by atoms with Gasteiger partial charge in [-0.05, 0) is 24.2 Å². The van der Waals surface area contributed by atoms with Gasteiger partial charge in [0.25, 0.3) is 5.91 Å². The number of benzene rings is 1. The van der Waals surface area contributed by atoms with Crippen LogP contribution < -0.4 is 11.1 Å². The molecule has 0 bridgehead atoms. The number of imide groups is 1. The number of anilines is 1. The molecule has 0 atom stereocenters. The molecule has 7 nitrogen and oxygen atoms in total. The van der Waals surface area contributed by atoms with E-state index in [4.69, 9.17) is 5.73 Å². The van der Waals surface area contributed by atoms with Gasteiger partial charge >= 0.3 is 0 Å². The van der Waals surface area contributed by atoms with Gasteiger partial charge in [-0.2, -0.15) is 0 Å². The molecule has 1 aliphatic rings.